The molecule has 7 nitrogen and oxygen atoms in total. The number of esters is 1. The molecule has 0 bridgehead atoms. The predicted octanol–water partition coefficient (Wildman–Crippen LogP) is 6.50. The maximum atomic E-state index is 13.3. The molecule has 202 valence electrons. The van der Waals surface area contributed by atoms with Gasteiger partial charge in [0.15, 0.2) is 6.79 Å². The number of alkyl carbamates (subject to hydrolysis) is 1. The van der Waals surface area contributed by atoms with E-state index in [9.17, 15) is 9.59 Å². The molecule has 2 atom stereocenters. The molecule has 0 aliphatic carbocycles. The fourth-order valence-electron chi connectivity index (χ4n) is 3.08. The van der Waals surface area contributed by atoms with Gasteiger partial charge in [-0.2, -0.15) is 0 Å². The van der Waals surface area contributed by atoms with E-state index in [0.29, 0.717) is 18.6 Å². The first-order valence-corrected chi connectivity index (χ1v) is 15.4. The van der Waals surface area contributed by atoms with E-state index in [1.165, 1.54) is 0 Å². The Hall–Kier alpha value is -2.58. The lowest BCUT2D eigenvalue weighted by Crippen LogP contribution is -2.53. The number of ether oxygens (including phenoxy) is 4. The molecule has 2 unspecified atom stereocenters. The molecule has 0 heterocycles. The van der Waals surface area contributed by atoms with E-state index in [0.717, 1.165) is 5.56 Å². The largest absolute Gasteiger partial charge is 0.468 e. The topological polar surface area (TPSA) is 83.1 Å². The average Bonchev–Trinajstić information content (AvgIpc) is 2.75. The number of amides is 1. The van der Waals surface area contributed by atoms with E-state index in [1.807, 2.05) is 36.4 Å². The molecule has 36 heavy (non-hydrogen) atoms. The summed E-state index contributed by atoms with van der Waals surface area (Å²) in [7, 11) is -0.615. The molecule has 1 rings (SSSR count). The summed E-state index contributed by atoms with van der Waals surface area (Å²) in [5.41, 5.74) is -0.191. The second kappa shape index (κ2) is 13.6. The molecule has 0 radical (unpaired) electrons. The number of nitrogens with one attached hydrogen (secondary N) is 1. The van der Waals surface area contributed by atoms with Crippen molar-refractivity contribution in [2.24, 2.45) is 0 Å². The van der Waals surface area contributed by atoms with Crippen LogP contribution in [-0.2, 0) is 19.0 Å². The van der Waals surface area contributed by atoms with Gasteiger partial charge in [-0.25, -0.2) is 9.59 Å². The standard InChI is InChI=1S/C28H45NO6Si/c1-11-12-16-23(29-26(31)35-27(2,3)4)25(30)34-24(36(9,10)28(5,6)7)18-17-21-14-13-15-22(19-21)33-20-32-8/h11,13-15,17-19,23-24H,1,12,16,20H2,2-10H3,(H,29,31)/b18-17+. The summed E-state index contributed by atoms with van der Waals surface area (Å²) in [4.78, 5) is 25.7. The highest BCUT2D eigenvalue weighted by molar-refractivity contribution is 6.81. The number of benzene rings is 1. The molecule has 1 aromatic rings. The summed E-state index contributed by atoms with van der Waals surface area (Å²) < 4.78 is 22.0. The summed E-state index contributed by atoms with van der Waals surface area (Å²) in [5, 5.41) is 2.63. The van der Waals surface area contributed by atoms with Crippen LogP contribution >= 0.6 is 0 Å². The van der Waals surface area contributed by atoms with Crippen LogP contribution in [0.5, 0.6) is 5.75 Å². The summed E-state index contributed by atoms with van der Waals surface area (Å²) in [5.74, 6) is 0.199. The lowest BCUT2D eigenvalue weighted by atomic mass is 10.1. The molecule has 0 spiro atoms. The zero-order valence-electron chi connectivity index (χ0n) is 23.5. The van der Waals surface area contributed by atoms with Gasteiger partial charge in [0.1, 0.15) is 31.2 Å². The maximum Gasteiger partial charge on any atom is 0.408 e. The molecule has 1 N–H and O–H groups in total. The SMILES string of the molecule is C=CCCC(NC(=O)OC(C)(C)C)C(=O)OC(/C=C/c1cccc(OCOC)c1)[Si](C)(C)C(C)(C)C. The van der Waals surface area contributed by atoms with Gasteiger partial charge in [0, 0.05) is 7.11 Å². The van der Waals surface area contributed by atoms with Gasteiger partial charge in [0.05, 0.1) is 0 Å². The molecular weight excluding hydrogens is 474 g/mol. The molecule has 1 aromatic carbocycles. The Morgan fingerprint density at radius 2 is 1.81 bits per heavy atom. The van der Waals surface area contributed by atoms with Crippen LogP contribution in [0.3, 0.4) is 0 Å². The number of hydrogen-bond acceptors (Lipinski definition) is 6. The van der Waals surface area contributed by atoms with Gasteiger partial charge in [-0.3, -0.25) is 0 Å². The van der Waals surface area contributed by atoms with Gasteiger partial charge in [-0.15, -0.1) is 6.58 Å². The van der Waals surface area contributed by atoms with E-state index in [4.69, 9.17) is 18.9 Å². The van der Waals surface area contributed by atoms with Gasteiger partial charge in [0.2, 0.25) is 0 Å². The molecule has 1 amide bonds. The molecule has 8 heteroatoms. The summed E-state index contributed by atoms with van der Waals surface area (Å²) in [6.07, 6.45) is 5.86. The van der Waals surface area contributed by atoms with Crippen LogP contribution in [0.15, 0.2) is 43.0 Å². The smallest absolute Gasteiger partial charge is 0.408 e. The zero-order chi connectivity index (χ0) is 27.6. The van der Waals surface area contributed by atoms with Crippen molar-refractivity contribution in [2.75, 3.05) is 13.9 Å². The van der Waals surface area contributed by atoms with Gasteiger partial charge >= 0.3 is 12.1 Å². The molecule has 0 fully saturated rings. The van der Waals surface area contributed by atoms with Crippen molar-refractivity contribution in [3.8, 4) is 5.75 Å². The van der Waals surface area contributed by atoms with Crippen LogP contribution in [-0.4, -0.2) is 51.4 Å². The Morgan fingerprint density at radius 1 is 1.14 bits per heavy atom. The quantitative estimate of drug-likeness (QED) is 0.147. The number of methoxy groups -OCH3 is 1. The van der Waals surface area contributed by atoms with E-state index in [2.05, 4.69) is 45.8 Å². The van der Waals surface area contributed by atoms with Crippen molar-refractivity contribution in [1.29, 1.82) is 0 Å². The third kappa shape index (κ3) is 10.6. The molecule has 0 saturated heterocycles. The lowest BCUT2D eigenvalue weighted by molar-refractivity contribution is -0.147. The normalized spacial score (nSPS) is 14.1. The minimum absolute atomic E-state index is 0.0546. The minimum atomic E-state index is -2.19. The van der Waals surface area contributed by atoms with Crippen LogP contribution in [0.25, 0.3) is 6.08 Å². The second-order valence-electron chi connectivity index (χ2n) is 11.4. The highest BCUT2D eigenvalue weighted by Crippen LogP contribution is 2.40. The number of allylic oxidation sites excluding steroid dienone is 1. The first-order chi connectivity index (χ1) is 16.6. The molecule has 0 aliphatic heterocycles. The van der Waals surface area contributed by atoms with Gasteiger partial charge < -0.3 is 24.3 Å². The minimum Gasteiger partial charge on any atom is -0.468 e. The van der Waals surface area contributed by atoms with Crippen LogP contribution in [0, 0.1) is 0 Å². The van der Waals surface area contributed by atoms with Gasteiger partial charge in [0.25, 0.3) is 0 Å². The first kappa shape index (κ1) is 31.4. The molecular formula is C28H45NO6Si. The summed E-state index contributed by atoms with van der Waals surface area (Å²) >= 11 is 0. The van der Waals surface area contributed by atoms with Crippen molar-refractivity contribution < 1.29 is 28.5 Å². The van der Waals surface area contributed by atoms with Gasteiger partial charge in [-0.1, -0.05) is 58.2 Å². The van der Waals surface area contributed by atoms with Crippen LogP contribution in [0.2, 0.25) is 18.1 Å². The van der Waals surface area contributed by atoms with Crippen molar-refractivity contribution in [2.45, 2.75) is 89.9 Å². The number of rotatable bonds is 12. The summed E-state index contributed by atoms with van der Waals surface area (Å²) in [6.45, 7) is 20.1. The Labute approximate surface area is 218 Å². The van der Waals surface area contributed by atoms with Crippen molar-refractivity contribution in [3.05, 3.63) is 48.6 Å². The van der Waals surface area contributed by atoms with E-state index >= 15 is 0 Å². The zero-order valence-corrected chi connectivity index (χ0v) is 24.5. The number of carbonyl (C=O) groups excluding carboxylic acids is 2. The number of carbonyl (C=O) groups is 2. The van der Waals surface area contributed by atoms with E-state index in [1.54, 1.807) is 34.0 Å². The van der Waals surface area contributed by atoms with Crippen LogP contribution < -0.4 is 10.1 Å². The van der Waals surface area contributed by atoms with Crippen molar-refractivity contribution >= 4 is 26.2 Å². The Morgan fingerprint density at radius 3 is 2.36 bits per heavy atom. The molecule has 0 aromatic heterocycles. The highest BCUT2D eigenvalue weighted by atomic mass is 28.3. The number of hydrogen-bond donors (Lipinski definition) is 1. The van der Waals surface area contributed by atoms with Crippen molar-refractivity contribution in [3.63, 3.8) is 0 Å². The Bertz CT molecular complexity index is 898. The predicted molar refractivity (Wildman–Crippen MR) is 148 cm³/mol. The molecule has 0 saturated carbocycles. The lowest BCUT2D eigenvalue weighted by Gasteiger charge is -2.41. The van der Waals surface area contributed by atoms with Crippen LogP contribution in [0.4, 0.5) is 4.79 Å². The second-order valence-corrected chi connectivity index (χ2v) is 16.9. The van der Waals surface area contributed by atoms with Crippen molar-refractivity contribution in [1.82, 2.24) is 5.32 Å². The monoisotopic (exact) mass is 519 g/mol. The fraction of sp³-hybridized carbons (Fsp3) is 0.571. The average molecular weight is 520 g/mol. The maximum absolute atomic E-state index is 13.3. The van der Waals surface area contributed by atoms with Gasteiger partial charge in [-0.05, 0) is 62.4 Å². The van der Waals surface area contributed by atoms with E-state index in [-0.39, 0.29) is 11.8 Å². The Balaban J connectivity index is 3.21. The fourth-order valence-corrected chi connectivity index (χ4v) is 4.92. The Kier molecular flexibility index (Phi) is 11.9. The van der Waals surface area contributed by atoms with E-state index < -0.39 is 37.5 Å². The third-order valence-electron chi connectivity index (χ3n) is 6.19. The third-order valence-corrected chi connectivity index (χ3v) is 11.8. The first-order valence-electron chi connectivity index (χ1n) is 12.3. The van der Waals surface area contributed by atoms with Crippen LogP contribution in [0.1, 0.15) is 59.9 Å². The molecule has 0 aliphatic rings. The highest BCUT2D eigenvalue weighted by Gasteiger charge is 2.44. The summed E-state index contributed by atoms with van der Waals surface area (Å²) in [6, 6.07) is 6.76.